The van der Waals surface area contributed by atoms with Crippen LogP contribution in [0.4, 0.5) is 0 Å². The molecule has 0 N–H and O–H groups in total. The van der Waals surface area contributed by atoms with Crippen LogP contribution in [0, 0.1) is 11.8 Å². The van der Waals surface area contributed by atoms with Gasteiger partial charge in [-0.05, 0) is 0 Å². The monoisotopic (exact) mass is 296 g/mol. The predicted octanol–water partition coefficient (Wildman–Crippen LogP) is -0.552. The first-order chi connectivity index (χ1) is 10.1. The molecule has 114 valence electrons. The Morgan fingerprint density at radius 2 is 1.86 bits per heavy atom. The van der Waals surface area contributed by atoms with E-state index in [0.717, 1.165) is 0 Å². The normalized spacial score (nSPS) is 40.4. The Balaban J connectivity index is 1.76. The third kappa shape index (κ3) is 2.11. The van der Waals surface area contributed by atoms with Crippen molar-refractivity contribution in [3.8, 4) is 0 Å². The van der Waals surface area contributed by atoms with Gasteiger partial charge in [0.15, 0.2) is 6.10 Å². The van der Waals surface area contributed by atoms with E-state index in [2.05, 4.69) is 0 Å². The summed E-state index contributed by atoms with van der Waals surface area (Å²) in [5.41, 5.74) is 0. The second-order valence-corrected chi connectivity index (χ2v) is 5.59. The number of methoxy groups -OCH3 is 1. The maximum absolute atomic E-state index is 11.9. The Morgan fingerprint density at radius 3 is 2.43 bits per heavy atom. The minimum absolute atomic E-state index is 0.0191. The van der Waals surface area contributed by atoms with E-state index >= 15 is 0 Å². The van der Waals surface area contributed by atoms with Gasteiger partial charge in [-0.1, -0.05) is 0 Å². The first-order valence-corrected chi connectivity index (χ1v) is 6.95. The van der Waals surface area contributed by atoms with Gasteiger partial charge in [-0.15, -0.1) is 0 Å². The molecule has 1 saturated carbocycles. The molecule has 0 radical (unpaired) electrons. The van der Waals surface area contributed by atoms with Crippen molar-refractivity contribution in [1.29, 1.82) is 0 Å². The van der Waals surface area contributed by atoms with Crippen molar-refractivity contribution >= 4 is 23.8 Å². The van der Waals surface area contributed by atoms with Gasteiger partial charge in [-0.2, -0.15) is 0 Å². The van der Waals surface area contributed by atoms with Gasteiger partial charge in [-0.3, -0.25) is 14.4 Å². The van der Waals surface area contributed by atoms with E-state index in [-0.39, 0.29) is 30.8 Å². The van der Waals surface area contributed by atoms with Crippen molar-refractivity contribution in [1.82, 2.24) is 0 Å². The lowest BCUT2D eigenvalue weighted by Gasteiger charge is -2.32. The number of carbonyl (C=O) groups is 4. The molecule has 21 heavy (non-hydrogen) atoms. The second kappa shape index (κ2) is 5.31. The van der Waals surface area contributed by atoms with Crippen LogP contribution in [0.2, 0.25) is 0 Å². The fraction of sp³-hybridized carbons (Fsp3) is 0.714. The van der Waals surface area contributed by atoms with Crippen LogP contribution in [-0.2, 0) is 33.4 Å². The first-order valence-electron chi connectivity index (χ1n) is 6.95. The van der Waals surface area contributed by atoms with Gasteiger partial charge in [0.05, 0.1) is 30.8 Å². The molecule has 1 aliphatic carbocycles. The highest BCUT2D eigenvalue weighted by atomic mass is 16.6. The molecule has 2 unspecified atom stereocenters. The van der Waals surface area contributed by atoms with Crippen LogP contribution in [0.25, 0.3) is 0 Å². The summed E-state index contributed by atoms with van der Waals surface area (Å²) >= 11 is 0. The molecule has 6 atom stereocenters. The number of rotatable bonds is 5. The smallest absolute Gasteiger partial charge is 0.306 e. The van der Waals surface area contributed by atoms with Gasteiger partial charge in [0.1, 0.15) is 30.1 Å². The molecule has 3 rings (SSSR count). The van der Waals surface area contributed by atoms with Crippen LogP contribution in [0.15, 0.2) is 0 Å². The number of aldehydes is 1. The van der Waals surface area contributed by atoms with Crippen LogP contribution in [0.1, 0.15) is 19.3 Å². The highest BCUT2D eigenvalue weighted by Crippen LogP contribution is 2.50. The van der Waals surface area contributed by atoms with Crippen LogP contribution >= 0.6 is 0 Å². The number of fused-ring (bicyclic) bond motifs is 5. The SMILES string of the molecule is CO[C@H]1C2OC([C@H]1OC(=O)CCC=O)[C@@H]1C(=O)CC(=O)[C@H]21. The van der Waals surface area contributed by atoms with Crippen LogP contribution in [0.5, 0.6) is 0 Å². The largest absolute Gasteiger partial charge is 0.457 e. The molecule has 2 saturated heterocycles. The predicted molar refractivity (Wildman–Crippen MR) is 66.2 cm³/mol. The number of ether oxygens (including phenoxy) is 3. The topological polar surface area (TPSA) is 96.0 Å². The van der Waals surface area contributed by atoms with Crippen LogP contribution in [0.3, 0.4) is 0 Å². The number of carbonyl (C=O) groups excluding carboxylic acids is 4. The molecular formula is C14H16O7. The summed E-state index contributed by atoms with van der Waals surface area (Å²) < 4.78 is 16.3. The zero-order chi connectivity index (χ0) is 15.1. The minimum Gasteiger partial charge on any atom is -0.457 e. The number of hydrogen-bond donors (Lipinski definition) is 0. The van der Waals surface area contributed by atoms with Crippen molar-refractivity contribution in [3.05, 3.63) is 0 Å². The number of Topliss-reactive ketones (excluding diaryl/α,β-unsaturated/α-hetero) is 2. The third-order valence-corrected chi connectivity index (χ3v) is 4.48. The Hall–Kier alpha value is -1.60. The van der Waals surface area contributed by atoms with Crippen molar-refractivity contribution < 1.29 is 33.4 Å². The van der Waals surface area contributed by atoms with E-state index < -0.39 is 42.2 Å². The van der Waals surface area contributed by atoms with Crippen molar-refractivity contribution in [2.24, 2.45) is 11.8 Å². The van der Waals surface area contributed by atoms with Crippen LogP contribution < -0.4 is 0 Å². The van der Waals surface area contributed by atoms with E-state index in [1.165, 1.54) is 7.11 Å². The van der Waals surface area contributed by atoms with E-state index in [9.17, 15) is 19.2 Å². The Bertz CT molecular complexity index is 500. The fourth-order valence-corrected chi connectivity index (χ4v) is 3.66. The van der Waals surface area contributed by atoms with Crippen molar-refractivity contribution in [2.45, 2.75) is 43.7 Å². The number of hydrogen-bond acceptors (Lipinski definition) is 7. The van der Waals surface area contributed by atoms with Crippen molar-refractivity contribution in [2.75, 3.05) is 7.11 Å². The Kier molecular flexibility index (Phi) is 3.62. The summed E-state index contributed by atoms with van der Waals surface area (Å²) in [6, 6.07) is 0. The van der Waals surface area contributed by atoms with Gasteiger partial charge in [-0.25, -0.2) is 0 Å². The van der Waals surface area contributed by atoms with Gasteiger partial charge in [0, 0.05) is 13.5 Å². The molecule has 0 aromatic heterocycles. The molecule has 0 aromatic rings. The lowest BCUT2D eigenvalue weighted by atomic mass is 9.78. The summed E-state index contributed by atoms with van der Waals surface area (Å²) in [6.45, 7) is 0. The summed E-state index contributed by atoms with van der Waals surface area (Å²) in [5, 5.41) is 0. The average Bonchev–Trinajstić information content (AvgIpc) is 3.08. The van der Waals surface area contributed by atoms with E-state index in [4.69, 9.17) is 14.2 Å². The molecule has 2 heterocycles. The van der Waals surface area contributed by atoms with Crippen LogP contribution in [-0.4, -0.2) is 55.3 Å². The molecular weight excluding hydrogens is 280 g/mol. The molecule has 3 fully saturated rings. The summed E-state index contributed by atoms with van der Waals surface area (Å²) in [6.07, 6.45) is -1.77. The molecule has 7 nitrogen and oxygen atoms in total. The first kappa shape index (κ1) is 14.3. The maximum atomic E-state index is 11.9. The molecule has 0 spiro atoms. The standard InChI is InChI=1S/C14H16O7/c1-19-13-11-9-6(16)5-7(17)10(9)12(21-11)14(13)20-8(18)3-2-4-15/h4,9-14H,2-3,5H2,1H3/t9-,10+,11?,12?,13-,14+/m0/s1. The molecule has 0 aromatic carbocycles. The molecule has 0 amide bonds. The summed E-state index contributed by atoms with van der Waals surface area (Å²) in [5.74, 6) is -1.81. The van der Waals surface area contributed by atoms with E-state index in [1.807, 2.05) is 0 Å². The van der Waals surface area contributed by atoms with Gasteiger partial charge < -0.3 is 19.0 Å². The van der Waals surface area contributed by atoms with E-state index in [0.29, 0.717) is 6.29 Å². The molecule has 2 aliphatic heterocycles. The average molecular weight is 296 g/mol. The lowest BCUT2D eigenvalue weighted by molar-refractivity contribution is -0.161. The van der Waals surface area contributed by atoms with E-state index in [1.54, 1.807) is 0 Å². The lowest BCUT2D eigenvalue weighted by Crippen LogP contribution is -2.50. The Morgan fingerprint density at radius 1 is 1.24 bits per heavy atom. The summed E-state index contributed by atoms with van der Waals surface area (Å²) in [7, 11) is 1.46. The Labute approximate surface area is 120 Å². The maximum Gasteiger partial charge on any atom is 0.306 e. The minimum atomic E-state index is -0.699. The second-order valence-electron chi connectivity index (χ2n) is 5.59. The third-order valence-electron chi connectivity index (χ3n) is 4.48. The number of esters is 1. The molecule has 3 aliphatic rings. The summed E-state index contributed by atoms with van der Waals surface area (Å²) in [4.78, 5) is 45.8. The zero-order valence-corrected chi connectivity index (χ0v) is 11.5. The fourth-order valence-electron chi connectivity index (χ4n) is 3.66. The highest BCUT2D eigenvalue weighted by Gasteiger charge is 2.68. The van der Waals surface area contributed by atoms with Gasteiger partial charge in [0.2, 0.25) is 0 Å². The van der Waals surface area contributed by atoms with Crippen molar-refractivity contribution in [3.63, 3.8) is 0 Å². The van der Waals surface area contributed by atoms with Gasteiger partial charge in [0.25, 0.3) is 0 Å². The molecule has 7 heteroatoms. The van der Waals surface area contributed by atoms with Gasteiger partial charge >= 0.3 is 5.97 Å². The molecule has 2 bridgehead atoms. The number of ketones is 2. The zero-order valence-electron chi connectivity index (χ0n) is 11.5. The quantitative estimate of drug-likeness (QED) is 0.381. The highest BCUT2D eigenvalue weighted by molar-refractivity contribution is 6.09.